The predicted molar refractivity (Wildman–Crippen MR) is 83.4 cm³/mol. The number of benzene rings is 1. The molecular formula is C17H23FN2O2. The van der Waals surface area contributed by atoms with Crippen LogP contribution in [0.4, 0.5) is 10.1 Å². The van der Waals surface area contributed by atoms with Crippen LogP contribution in [0.2, 0.25) is 0 Å². The Morgan fingerprint density at radius 2 is 1.91 bits per heavy atom. The summed E-state index contributed by atoms with van der Waals surface area (Å²) in [7, 11) is 0. The highest BCUT2D eigenvalue weighted by Gasteiger charge is 2.24. The normalized spacial score (nSPS) is 22.7. The van der Waals surface area contributed by atoms with Gasteiger partial charge in [0, 0.05) is 51.5 Å². The number of rotatable bonds is 3. The zero-order valence-corrected chi connectivity index (χ0v) is 12.8. The van der Waals surface area contributed by atoms with Gasteiger partial charge in [0.05, 0.1) is 0 Å². The summed E-state index contributed by atoms with van der Waals surface area (Å²) >= 11 is 0. The summed E-state index contributed by atoms with van der Waals surface area (Å²) in [5.41, 5.74) is 1.02. The summed E-state index contributed by atoms with van der Waals surface area (Å²) in [6.45, 7) is 4.65. The Morgan fingerprint density at radius 1 is 1.18 bits per heavy atom. The summed E-state index contributed by atoms with van der Waals surface area (Å²) < 4.78 is 18.4. The van der Waals surface area contributed by atoms with E-state index in [1.165, 1.54) is 12.1 Å². The van der Waals surface area contributed by atoms with Crippen molar-refractivity contribution in [3.63, 3.8) is 0 Å². The third-order valence-corrected chi connectivity index (χ3v) is 4.54. The van der Waals surface area contributed by atoms with Crippen molar-refractivity contribution in [2.24, 2.45) is 5.92 Å². The van der Waals surface area contributed by atoms with Crippen molar-refractivity contribution in [1.82, 2.24) is 4.90 Å². The van der Waals surface area contributed by atoms with Gasteiger partial charge in [-0.1, -0.05) is 0 Å². The lowest BCUT2D eigenvalue weighted by atomic mass is 9.98. The van der Waals surface area contributed by atoms with Crippen LogP contribution in [0.3, 0.4) is 0 Å². The van der Waals surface area contributed by atoms with Crippen LogP contribution in [0.1, 0.15) is 19.3 Å². The molecule has 0 bridgehead atoms. The van der Waals surface area contributed by atoms with Crippen LogP contribution in [0, 0.1) is 11.7 Å². The summed E-state index contributed by atoms with van der Waals surface area (Å²) in [6.07, 6.45) is 2.77. The van der Waals surface area contributed by atoms with Crippen LogP contribution >= 0.6 is 0 Å². The Balaban J connectivity index is 1.48. The molecule has 2 fully saturated rings. The second-order valence-corrected chi connectivity index (χ2v) is 6.13. The van der Waals surface area contributed by atoms with Gasteiger partial charge < -0.3 is 14.5 Å². The second-order valence-electron chi connectivity index (χ2n) is 6.13. The molecule has 120 valence electrons. The van der Waals surface area contributed by atoms with E-state index in [2.05, 4.69) is 4.90 Å². The molecule has 0 N–H and O–H groups in total. The van der Waals surface area contributed by atoms with Crippen molar-refractivity contribution in [1.29, 1.82) is 0 Å². The third kappa shape index (κ3) is 3.77. The molecule has 4 nitrogen and oxygen atoms in total. The Hall–Kier alpha value is -1.62. The molecule has 1 amide bonds. The molecule has 0 radical (unpaired) electrons. The first-order valence-corrected chi connectivity index (χ1v) is 8.08. The van der Waals surface area contributed by atoms with Crippen molar-refractivity contribution < 1.29 is 13.9 Å². The highest BCUT2D eigenvalue weighted by atomic mass is 19.1. The molecule has 2 saturated heterocycles. The number of carbonyl (C=O) groups excluding carboxylic acids is 1. The second kappa shape index (κ2) is 7.09. The van der Waals surface area contributed by atoms with E-state index < -0.39 is 0 Å². The number of hydrogen-bond acceptors (Lipinski definition) is 3. The molecule has 1 atom stereocenters. The van der Waals surface area contributed by atoms with Gasteiger partial charge in [-0.25, -0.2) is 4.39 Å². The van der Waals surface area contributed by atoms with E-state index in [4.69, 9.17) is 4.74 Å². The standard InChI is InChI=1S/C17H23FN2O2/c18-15-3-5-16(6-4-15)19-7-9-20(10-8-19)17(21)12-14-2-1-11-22-13-14/h3-6,14H,1-2,7-13H2. The SMILES string of the molecule is O=C(CC1CCCOC1)N1CCN(c2ccc(F)cc2)CC1. The summed E-state index contributed by atoms with van der Waals surface area (Å²) in [5, 5.41) is 0. The molecule has 0 saturated carbocycles. The molecule has 1 unspecified atom stereocenters. The minimum absolute atomic E-state index is 0.215. The molecule has 1 aromatic carbocycles. The smallest absolute Gasteiger partial charge is 0.223 e. The van der Waals surface area contributed by atoms with E-state index in [0.29, 0.717) is 12.3 Å². The Kier molecular flexibility index (Phi) is 4.93. The predicted octanol–water partition coefficient (Wildman–Crippen LogP) is 2.29. The molecule has 0 aliphatic carbocycles. The van der Waals surface area contributed by atoms with E-state index in [1.807, 2.05) is 4.90 Å². The van der Waals surface area contributed by atoms with Gasteiger partial charge >= 0.3 is 0 Å². The number of hydrogen-bond donors (Lipinski definition) is 0. The molecule has 2 aliphatic heterocycles. The van der Waals surface area contributed by atoms with Gasteiger partial charge in [-0.05, 0) is 43.0 Å². The Bertz CT molecular complexity index is 492. The Labute approximate surface area is 130 Å². The zero-order valence-electron chi connectivity index (χ0n) is 12.8. The zero-order chi connectivity index (χ0) is 15.4. The molecule has 2 heterocycles. The molecule has 2 aliphatic rings. The number of piperazine rings is 1. The van der Waals surface area contributed by atoms with Crippen molar-refractivity contribution in [3.05, 3.63) is 30.1 Å². The number of amides is 1. The highest BCUT2D eigenvalue weighted by Crippen LogP contribution is 2.20. The van der Waals surface area contributed by atoms with Gasteiger partial charge in [-0.15, -0.1) is 0 Å². The van der Waals surface area contributed by atoms with E-state index in [0.717, 1.165) is 57.9 Å². The lowest BCUT2D eigenvalue weighted by Crippen LogP contribution is -2.49. The Morgan fingerprint density at radius 3 is 2.55 bits per heavy atom. The van der Waals surface area contributed by atoms with Crippen LogP contribution in [-0.2, 0) is 9.53 Å². The first-order valence-electron chi connectivity index (χ1n) is 8.08. The fourth-order valence-electron chi connectivity index (χ4n) is 3.21. The summed E-state index contributed by atoms with van der Waals surface area (Å²) in [4.78, 5) is 16.5. The van der Waals surface area contributed by atoms with Crippen LogP contribution in [-0.4, -0.2) is 50.2 Å². The van der Waals surface area contributed by atoms with Gasteiger partial charge in [0.1, 0.15) is 5.82 Å². The lowest BCUT2D eigenvalue weighted by molar-refractivity contribution is -0.133. The van der Waals surface area contributed by atoms with Gasteiger partial charge in [0.15, 0.2) is 0 Å². The van der Waals surface area contributed by atoms with Crippen molar-refractivity contribution in [3.8, 4) is 0 Å². The van der Waals surface area contributed by atoms with Crippen molar-refractivity contribution in [2.75, 3.05) is 44.3 Å². The van der Waals surface area contributed by atoms with Crippen molar-refractivity contribution in [2.45, 2.75) is 19.3 Å². The van der Waals surface area contributed by atoms with Gasteiger partial charge in [-0.2, -0.15) is 0 Å². The van der Waals surface area contributed by atoms with Crippen LogP contribution in [0.15, 0.2) is 24.3 Å². The number of halogens is 1. The van der Waals surface area contributed by atoms with Gasteiger partial charge in [0.25, 0.3) is 0 Å². The first kappa shape index (κ1) is 15.3. The molecule has 0 spiro atoms. The fraction of sp³-hybridized carbons (Fsp3) is 0.588. The third-order valence-electron chi connectivity index (χ3n) is 4.54. The molecule has 1 aromatic rings. The molecule has 3 rings (SSSR count). The first-order chi connectivity index (χ1) is 10.7. The fourth-order valence-corrected chi connectivity index (χ4v) is 3.21. The number of ether oxygens (including phenoxy) is 1. The summed E-state index contributed by atoms with van der Waals surface area (Å²) in [5.74, 6) is 0.415. The minimum Gasteiger partial charge on any atom is -0.381 e. The molecule has 22 heavy (non-hydrogen) atoms. The maximum atomic E-state index is 13.0. The minimum atomic E-state index is -0.215. The van der Waals surface area contributed by atoms with E-state index in [1.54, 1.807) is 12.1 Å². The van der Waals surface area contributed by atoms with Gasteiger partial charge in [0.2, 0.25) is 5.91 Å². The average Bonchev–Trinajstić information content (AvgIpc) is 2.57. The largest absolute Gasteiger partial charge is 0.381 e. The van der Waals surface area contributed by atoms with Gasteiger partial charge in [-0.3, -0.25) is 4.79 Å². The van der Waals surface area contributed by atoms with E-state index in [-0.39, 0.29) is 11.7 Å². The average molecular weight is 306 g/mol. The topological polar surface area (TPSA) is 32.8 Å². The quantitative estimate of drug-likeness (QED) is 0.859. The summed E-state index contributed by atoms with van der Waals surface area (Å²) in [6, 6.07) is 6.56. The maximum absolute atomic E-state index is 13.0. The lowest BCUT2D eigenvalue weighted by Gasteiger charge is -2.37. The van der Waals surface area contributed by atoms with Crippen LogP contribution in [0.5, 0.6) is 0 Å². The number of nitrogens with zero attached hydrogens (tertiary/aromatic N) is 2. The number of carbonyl (C=O) groups is 1. The molecule has 0 aromatic heterocycles. The monoisotopic (exact) mass is 306 g/mol. The number of anilines is 1. The van der Waals surface area contributed by atoms with E-state index >= 15 is 0 Å². The molecule has 5 heteroatoms. The molecular weight excluding hydrogens is 283 g/mol. The maximum Gasteiger partial charge on any atom is 0.223 e. The van der Waals surface area contributed by atoms with Crippen molar-refractivity contribution >= 4 is 11.6 Å². The van der Waals surface area contributed by atoms with E-state index in [9.17, 15) is 9.18 Å². The highest BCUT2D eigenvalue weighted by molar-refractivity contribution is 5.76. The van der Waals surface area contributed by atoms with Crippen LogP contribution in [0.25, 0.3) is 0 Å². The van der Waals surface area contributed by atoms with Crippen LogP contribution < -0.4 is 4.90 Å².